The molecule has 0 unspecified atom stereocenters. The molecule has 0 bridgehead atoms. The first-order valence-electron chi connectivity index (χ1n) is 6.43. The molecule has 0 N–H and O–H groups in total. The Morgan fingerprint density at radius 1 is 1.42 bits per heavy atom. The average molecular weight is 367 g/mol. The molecule has 0 aromatic heterocycles. The number of rotatable bonds is 3. The standard InChI is InChI=1S/C13H17BrClNO2S/c1-2-11-5-3-4-8-16(11)19(17,18)13-9-10(15)6-7-12(13)14/h6-7,9,11H,2-5,8H2,1H3/t11-/m1/s1. The highest BCUT2D eigenvalue weighted by molar-refractivity contribution is 9.10. The Labute approximate surface area is 128 Å². The van der Waals surface area contributed by atoms with E-state index in [2.05, 4.69) is 15.9 Å². The van der Waals surface area contributed by atoms with Crippen LogP contribution in [0.5, 0.6) is 0 Å². The number of hydrogen-bond acceptors (Lipinski definition) is 2. The van der Waals surface area contributed by atoms with Crippen molar-refractivity contribution in [3.05, 3.63) is 27.7 Å². The van der Waals surface area contributed by atoms with Gasteiger partial charge < -0.3 is 0 Å². The van der Waals surface area contributed by atoms with Gasteiger partial charge in [-0.3, -0.25) is 0 Å². The molecule has 0 saturated carbocycles. The van der Waals surface area contributed by atoms with E-state index in [1.165, 1.54) is 6.07 Å². The van der Waals surface area contributed by atoms with E-state index >= 15 is 0 Å². The summed E-state index contributed by atoms with van der Waals surface area (Å²) >= 11 is 9.24. The molecule has 3 nitrogen and oxygen atoms in total. The molecule has 19 heavy (non-hydrogen) atoms. The van der Waals surface area contributed by atoms with Crippen molar-refractivity contribution in [1.29, 1.82) is 0 Å². The molecular formula is C13H17BrClNO2S. The van der Waals surface area contributed by atoms with E-state index in [1.807, 2.05) is 6.92 Å². The van der Waals surface area contributed by atoms with E-state index < -0.39 is 10.0 Å². The van der Waals surface area contributed by atoms with E-state index in [4.69, 9.17) is 11.6 Å². The largest absolute Gasteiger partial charge is 0.244 e. The molecule has 1 saturated heterocycles. The van der Waals surface area contributed by atoms with E-state index in [0.717, 1.165) is 25.7 Å². The lowest BCUT2D eigenvalue weighted by molar-refractivity contribution is 0.246. The van der Waals surface area contributed by atoms with Crippen LogP contribution in [-0.2, 0) is 10.0 Å². The third-order valence-corrected chi connectivity index (χ3v) is 6.71. The van der Waals surface area contributed by atoms with E-state index in [9.17, 15) is 8.42 Å². The minimum Gasteiger partial charge on any atom is -0.207 e. The predicted molar refractivity (Wildman–Crippen MR) is 81.0 cm³/mol. The van der Waals surface area contributed by atoms with Crippen LogP contribution >= 0.6 is 27.5 Å². The predicted octanol–water partition coefficient (Wildman–Crippen LogP) is 4.06. The van der Waals surface area contributed by atoms with Crippen molar-refractivity contribution in [3.63, 3.8) is 0 Å². The Balaban J connectivity index is 2.43. The molecule has 1 heterocycles. The molecule has 106 valence electrons. The molecule has 6 heteroatoms. The van der Waals surface area contributed by atoms with E-state index in [1.54, 1.807) is 16.4 Å². The average Bonchev–Trinajstić information content (AvgIpc) is 2.41. The minimum atomic E-state index is -3.47. The van der Waals surface area contributed by atoms with Gasteiger partial charge >= 0.3 is 0 Å². The van der Waals surface area contributed by atoms with Gasteiger partial charge in [0.25, 0.3) is 0 Å². The van der Waals surface area contributed by atoms with Crippen LogP contribution in [0.3, 0.4) is 0 Å². The number of benzene rings is 1. The summed E-state index contributed by atoms with van der Waals surface area (Å²) < 4.78 is 27.7. The first-order chi connectivity index (χ1) is 8.96. The van der Waals surface area contributed by atoms with Crippen LogP contribution < -0.4 is 0 Å². The maximum absolute atomic E-state index is 12.8. The molecule has 1 aliphatic rings. The van der Waals surface area contributed by atoms with Crippen molar-refractivity contribution in [2.24, 2.45) is 0 Å². The highest BCUT2D eigenvalue weighted by atomic mass is 79.9. The van der Waals surface area contributed by atoms with Gasteiger partial charge in [0, 0.05) is 22.1 Å². The van der Waals surface area contributed by atoms with Crippen LogP contribution in [0.2, 0.25) is 5.02 Å². The van der Waals surface area contributed by atoms with Gasteiger partial charge in [0.1, 0.15) is 0 Å². The van der Waals surface area contributed by atoms with E-state index in [0.29, 0.717) is 16.0 Å². The number of hydrogen-bond donors (Lipinski definition) is 0. The zero-order valence-corrected chi connectivity index (χ0v) is 13.9. The van der Waals surface area contributed by atoms with Crippen LogP contribution in [0.4, 0.5) is 0 Å². The fraction of sp³-hybridized carbons (Fsp3) is 0.538. The van der Waals surface area contributed by atoms with Crippen molar-refractivity contribution >= 4 is 37.6 Å². The van der Waals surface area contributed by atoms with Crippen LogP contribution in [0, 0.1) is 0 Å². The molecule has 0 aliphatic carbocycles. The third-order valence-electron chi connectivity index (χ3n) is 3.52. The second kappa shape index (κ2) is 6.12. The first-order valence-corrected chi connectivity index (χ1v) is 9.05. The molecule has 1 aliphatic heterocycles. The smallest absolute Gasteiger partial charge is 0.207 e. The molecule has 0 amide bonds. The molecule has 0 radical (unpaired) electrons. The van der Waals surface area contributed by atoms with Gasteiger partial charge in [0.05, 0.1) is 4.90 Å². The summed E-state index contributed by atoms with van der Waals surface area (Å²) in [6.07, 6.45) is 3.81. The Bertz CT molecular complexity index is 562. The maximum atomic E-state index is 12.8. The van der Waals surface area contributed by atoms with E-state index in [-0.39, 0.29) is 10.9 Å². The van der Waals surface area contributed by atoms with Crippen LogP contribution in [-0.4, -0.2) is 25.3 Å². The second-order valence-corrected chi connectivity index (χ2v) is 7.90. The lowest BCUT2D eigenvalue weighted by Gasteiger charge is -2.34. The summed E-state index contributed by atoms with van der Waals surface area (Å²) in [5.41, 5.74) is 0. The second-order valence-electron chi connectivity index (χ2n) is 4.75. The Kier molecular flexibility index (Phi) is 4.93. The Morgan fingerprint density at radius 3 is 2.84 bits per heavy atom. The summed E-state index contributed by atoms with van der Waals surface area (Å²) in [6, 6.07) is 4.98. The molecule has 1 aromatic rings. The topological polar surface area (TPSA) is 37.4 Å². The lowest BCUT2D eigenvalue weighted by Crippen LogP contribution is -2.43. The van der Waals surface area contributed by atoms with Crippen LogP contribution in [0.1, 0.15) is 32.6 Å². The number of piperidine rings is 1. The molecule has 0 spiro atoms. The van der Waals surface area contributed by atoms with Crippen molar-refractivity contribution < 1.29 is 8.42 Å². The summed E-state index contributed by atoms with van der Waals surface area (Å²) in [4.78, 5) is 0.264. The van der Waals surface area contributed by atoms with Gasteiger partial charge in [0.2, 0.25) is 10.0 Å². The molecule has 2 rings (SSSR count). The zero-order chi connectivity index (χ0) is 14.0. The number of nitrogens with zero attached hydrogens (tertiary/aromatic N) is 1. The summed E-state index contributed by atoms with van der Waals surface area (Å²) in [5.74, 6) is 0. The van der Waals surface area contributed by atoms with Crippen molar-refractivity contribution in [1.82, 2.24) is 4.31 Å². The number of sulfonamides is 1. The van der Waals surface area contributed by atoms with Gasteiger partial charge in [-0.25, -0.2) is 8.42 Å². The maximum Gasteiger partial charge on any atom is 0.244 e. The highest BCUT2D eigenvalue weighted by Gasteiger charge is 2.33. The lowest BCUT2D eigenvalue weighted by atomic mass is 10.0. The van der Waals surface area contributed by atoms with Gasteiger partial charge in [-0.2, -0.15) is 4.31 Å². The fourth-order valence-electron chi connectivity index (χ4n) is 2.50. The molecule has 1 fully saturated rings. The monoisotopic (exact) mass is 365 g/mol. The number of halogens is 2. The Hall–Kier alpha value is -0.100. The quantitative estimate of drug-likeness (QED) is 0.809. The van der Waals surface area contributed by atoms with Crippen molar-refractivity contribution in [2.75, 3.05) is 6.54 Å². The van der Waals surface area contributed by atoms with Gasteiger partial charge in [-0.05, 0) is 53.4 Å². The Morgan fingerprint density at radius 2 is 2.16 bits per heavy atom. The molecular weight excluding hydrogens is 350 g/mol. The minimum absolute atomic E-state index is 0.102. The van der Waals surface area contributed by atoms with Gasteiger partial charge in [-0.1, -0.05) is 24.9 Å². The zero-order valence-electron chi connectivity index (χ0n) is 10.8. The third kappa shape index (κ3) is 3.15. The van der Waals surface area contributed by atoms with Crippen LogP contribution in [0.15, 0.2) is 27.6 Å². The first kappa shape index (κ1) is 15.3. The summed E-state index contributed by atoms with van der Waals surface area (Å²) in [5, 5.41) is 0.437. The summed E-state index contributed by atoms with van der Waals surface area (Å²) in [7, 11) is -3.47. The van der Waals surface area contributed by atoms with Crippen LogP contribution in [0.25, 0.3) is 0 Å². The fourth-order valence-corrected chi connectivity index (χ4v) is 5.46. The molecule has 1 aromatic carbocycles. The molecule has 1 atom stereocenters. The van der Waals surface area contributed by atoms with Crippen molar-refractivity contribution in [3.8, 4) is 0 Å². The van der Waals surface area contributed by atoms with Crippen molar-refractivity contribution in [2.45, 2.75) is 43.5 Å². The van der Waals surface area contributed by atoms with Gasteiger partial charge in [-0.15, -0.1) is 0 Å². The van der Waals surface area contributed by atoms with Gasteiger partial charge in [0.15, 0.2) is 0 Å². The normalized spacial score (nSPS) is 21.5. The SMILES string of the molecule is CC[C@@H]1CCCCN1S(=O)(=O)c1cc(Cl)ccc1Br. The highest BCUT2D eigenvalue weighted by Crippen LogP contribution is 2.32. The summed E-state index contributed by atoms with van der Waals surface area (Å²) in [6.45, 7) is 2.63.